The molecule has 2 aromatic heterocycles. The molecule has 1 aliphatic rings. The lowest BCUT2D eigenvalue weighted by Crippen LogP contribution is -2.50. The first-order valence-corrected chi connectivity index (χ1v) is 11.5. The molecule has 0 unspecified atom stereocenters. The smallest absolute Gasteiger partial charge is 0.349 e. The summed E-state index contributed by atoms with van der Waals surface area (Å²) in [6.45, 7) is 1.13. The van der Waals surface area contributed by atoms with Crippen molar-refractivity contribution in [2.75, 3.05) is 5.32 Å². The molecule has 1 fully saturated rings. The third kappa shape index (κ3) is 5.74. The molecule has 38 heavy (non-hydrogen) atoms. The SMILES string of the molecule is Cc1cc(NC(=O)c2ncc(-c3cn(CC=C(F)F)nc3C(F)(F)F)n2C)ccc1C(=O)NC1CC(N)C1. The van der Waals surface area contributed by atoms with E-state index in [-0.39, 0.29) is 29.5 Å². The highest BCUT2D eigenvalue weighted by Crippen LogP contribution is 2.36. The maximum atomic E-state index is 13.6. The monoisotopic (exact) mass is 537 g/mol. The Kier molecular flexibility index (Phi) is 7.35. The summed E-state index contributed by atoms with van der Waals surface area (Å²) in [4.78, 5) is 29.3. The molecule has 1 saturated carbocycles. The van der Waals surface area contributed by atoms with E-state index in [1.807, 2.05) is 0 Å². The molecule has 9 nitrogen and oxygen atoms in total. The Labute approximate surface area is 213 Å². The molecule has 0 spiro atoms. The number of amides is 2. The molecule has 14 heteroatoms. The number of nitrogens with zero attached hydrogens (tertiary/aromatic N) is 4. The van der Waals surface area contributed by atoms with E-state index in [9.17, 15) is 31.5 Å². The van der Waals surface area contributed by atoms with E-state index in [0.717, 1.165) is 21.6 Å². The molecule has 1 aromatic carbocycles. The number of aromatic nitrogens is 4. The van der Waals surface area contributed by atoms with Crippen LogP contribution in [0.15, 0.2) is 42.7 Å². The minimum absolute atomic E-state index is 0.0279. The van der Waals surface area contributed by atoms with Gasteiger partial charge in [-0.25, -0.2) is 4.98 Å². The molecule has 0 aliphatic heterocycles. The van der Waals surface area contributed by atoms with Crippen molar-refractivity contribution in [3.63, 3.8) is 0 Å². The van der Waals surface area contributed by atoms with E-state index in [1.54, 1.807) is 19.1 Å². The van der Waals surface area contributed by atoms with Gasteiger partial charge in [0.25, 0.3) is 17.9 Å². The summed E-state index contributed by atoms with van der Waals surface area (Å²) in [5.74, 6) is -1.16. The Bertz CT molecular complexity index is 1400. The lowest BCUT2D eigenvalue weighted by atomic mass is 9.87. The Morgan fingerprint density at radius 2 is 1.92 bits per heavy atom. The van der Waals surface area contributed by atoms with Gasteiger partial charge >= 0.3 is 6.18 Å². The van der Waals surface area contributed by atoms with Gasteiger partial charge in [-0.05, 0) is 43.5 Å². The van der Waals surface area contributed by atoms with E-state index in [1.165, 1.54) is 13.1 Å². The van der Waals surface area contributed by atoms with Gasteiger partial charge in [0.15, 0.2) is 11.5 Å². The highest BCUT2D eigenvalue weighted by Gasteiger charge is 2.38. The third-order valence-corrected chi connectivity index (χ3v) is 6.17. The Hall–Kier alpha value is -4.07. The van der Waals surface area contributed by atoms with Crippen LogP contribution in [0.25, 0.3) is 11.3 Å². The van der Waals surface area contributed by atoms with Crippen molar-refractivity contribution in [3.05, 3.63) is 65.4 Å². The molecule has 0 atom stereocenters. The quantitative estimate of drug-likeness (QED) is 0.396. The van der Waals surface area contributed by atoms with E-state index in [4.69, 9.17) is 5.73 Å². The van der Waals surface area contributed by atoms with Gasteiger partial charge in [0.2, 0.25) is 0 Å². The first-order chi connectivity index (χ1) is 17.8. The molecule has 4 N–H and O–H groups in total. The normalized spacial score (nSPS) is 17.1. The number of nitrogens with one attached hydrogen (secondary N) is 2. The lowest BCUT2D eigenvalue weighted by molar-refractivity contribution is -0.141. The molecule has 3 aromatic rings. The average molecular weight is 537 g/mol. The minimum Gasteiger partial charge on any atom is -0.349 e. The number of anilines is 1. The van der Waals surface area contributed by atoms with Gasteiger partial charge < -0.3 is 20.9 Å². The molecule has 202 valence electrons. The van der Waals surface area contributed by atoms with Gasteiger partial charge in [-0.15, -0.1) is 0 Å². The van der Waals surface area contributed by atoms with Crippen molar-refractivity contribution in [1.29, 1.82) is 0 Å². The van der Waals surface area contributed by atoms with E-state index >= 15 is 0 Å². The van der Waals surface area contributed by atoms with Crippen molar-refractivity contribution in [3.8, 4) is 11.3 Å². The second kappa shape index (κ2) is 10.4. The van der Waals surface area contributed by atoms with Crippen molar-refractivity contribution >= 4 is 17.5 Å². The van der Waals surface area contributed by atoms with Crippen LogP contribution in [-0.4, -0.2) is 43.2 Å². The molecule has 0 saturated heterocycles. The van der Waals surface area contributed by atoms with E-state index < -0.39 is 36.0 Å². The first-order valence-electron chi connectivity index (χ1n) is 11.5. The summed E-state index contributed by atoms with van der Waals surface area (Å²) in [5, 5.41) is 8.91. The Morgan fingerprint density at radius 1 is 1.21 bits per heavy atom. The predicted molar refractivity (Wildman–Crippen MR) is 127 cm³/mol. The number of halogens is 5. The number of rotatable bonds is 7. The number of nitrogens with two attached hydrogens (primary N) is 1. The fourth-order valence-electron chi connectivity index (χ4n) is 4.17. The van der Waals surface area contributed by atoms with Crippen LogP contribution in [0.3, 0.4) is 0 Å². The fraction of sp³-hybridized carbons (Fsp3) is 0.333. The van der Waals surface area contributed by atoms with Gasteiger partial charge in [0.05, 0.1) is 24.0 Å². The molecular weight excluding hydrogens is 513 g/mol. The molecule has 2 amide bonds. The van der Waals surface area contributed by atoms with Gasteiger partial charge in [-0.3, -0.25) is 14.3 Å². The van der Waals surface area contributed by atoms with Crippen molar-refractivity contribution in [2.24, 2.45) is 12.8 Å². The number of aryl methyl sites for hydroxylation is 1. The van der Waals surface area contributed by atoms with Crippen molar-refractivity contribution in [2.45, 2.75) is 44.6 Å². The maximum Gasteiger partial charge on any atom is 0.435 e. The number of hydrogen-bond acceptors (Lipinski definition) is 5. The molecular formula is C24H24F5N7O2. The minimum atomic E-state index is -4.87. The summed E-state index contributed by atoms with van der Waals surface area (Å²) in [7, 11) is 1.35. The van der Waals surface area contributed by atoms with Crippen LogP contribution in [0, 0.1) is 6.92 Å². The van der Waals surface area contributed by atoms with Crippen LogP contribution >= 0.6 is 0 Å². The highest BCUT2D eigenvalue weighted by atomic mass is 19.4. The molecule has 0 bridgehead atoms. The Morgan fingerprint density at radius 3 is 2.53 bits per heavy atom. The summed E-state index contributed by atoms with van der Waals surface area (Å²) in [6.07, 6.45) is -3.04. The zero-order chi connectivity index (χ0) is 27.8. The zero-order valence-corrected chi connectivity index (χ0v) is 20.3. The summed E-state index contributed by atoms with van der Waals surface area (Å²) in [6, 6.07) is 4.79. The number of hydrogen-bond donors (Lipinski definition) is 3. The largest absolute Gasteiger partial charge is 0.435 e. The summed E-state index contributed by atoms with van der Waals surface area (Å²) < 4.78 is 67.4. The topological polar surface area (TPSA) is 120 Å². The van der Waals surface area contributed by atoms with E-state index in [0.29, 0.717) is 35.7 Å². The number of allylic oxidation sites excluding steroid dienone is 1. The van der Waals surface area contributed by atoms with Crippen LogP contribution in [-0.2, 0) is 19.8 Å². The maximum absolute atomic E-state index is 13.6. The summed E-state index contributed by atoms with van der Waals surface area (Å²) in [5.41, 5.74) is 5.33. The van der Waals surface area contributed by atoms with Crippen LogP contribution in [0.5, 0.6) is 0 Å². The number of carbonyl (C=O) groups is 2. The van der Waals surface area contributed by atoms with Crippen LogP contribution in [0.4, 0.5) is 27.6 Å². The van der Waals surface area contributed by atoms with Crippen molar-refractivity contribution in [1.82, 2.24) is 24.6 Å². The Balaban J connectivity index is 1.53. The molecule has 0 radical (unpaired) electrons. The second-order valence-corrected chi connectivity index (χ2v) is 9.02. The third-order valence-electron chi connectivity index (χ3n) is 6.17. The number of imidazole rings is 1. The highest BCUT2D eigenvalue weighted by molar-refractivity contribution is 6.03. The molecule has 1 aliphatic carbocycles. The van der Waals surface area contributed by atoms with Gasteiger partial charge in [0, 0.05) is 42.7 Å². The zero-order valence-electron chi connectivity index (χ0n) is 20.3. The molecule has 2 heterocycles. The van der Waals surface area contributed by atoms with Crippen LogP contribution in [0.1, 0.15) is 45.1 Å². The van der Waals surface area contributed by atoms with Gasteiger partial charge in [0.1, 0.15) is 0 Å². The lowest BCUT2D eigenvalue weighted by Gasteiger charge is -2.33. The van der Waals surface area contributed by atoms with E-state index in [2.05, 4.69) is 20.7 Å². The van der Waals surface area contributed by atoms with Gasteiger partial charge in [-0.1, -0.05) is 0 Å². The van der Waals surface area contributed by atoms with Crippen LogP contribution < -0.4 is 16.4 Å². The number of carbonyl (C=O) groups excluding carboxylic acids is 2. The van der Waals surface area contributed by atoms with Gasteiger partial charge in [-0.2, -0.15) is 27.1 Å². The standard InChI is InChI=1S/C24H24F5N7O2/c1-12-7-14(3-4-16(12)22(37)33-15-8-13(30)9-15)32-23(38)21-31-10-18(35(21)2)17-11-36(6-5-19(25)26)34-20(17)24(27,28)29/h3-5,7,10-11,13,15H,6,8-9,30H2,1-2H3,(H,32,38)(H,33,37). The average Bonchev–Trinajstić information content (AvgIpc) is 3.40. The fourth-order valence-corrected chi connectivity index (χ4v) is 4.17. The second-order valence-electron chi connectivity index (χ2n) is 9.02. The van der Waals surface area contributed by atoms with Crippen molar-refractivity contribution < 1.29 is 31.5 Å². The number of benzene rings is 1. The first kappa shape index (κ1) is 27.0. The molecule has 4 rings (SSSR count). The van der Waals surface area contributed by atoms with Crippen LogP contribution in [0.2, 0.25) is 0 Å². The predicted octanol–water partition coefficient (Wildman–Crippen LogP) is 3.86. The summed E-state index contributed by atoms with van der Waals surface area (Å²) >= 11 is 0. The number of alkyl halides is 3.